The number of aromatic hydroxyl groups is 1. The quantitative estimate of drug-likeness (QED) is 0.569. The van der Waals surface area contributed by atoms with Crippen LogP contribution in [0.4, 0.5) is 0 Å². The summed E-state index contributed by atoms with van der Waals surface area (Å²) in [4.78, 5) is 16.1. The molecule has 25 heavy (non-hydrogen) atoms. The monoisotopic (exact) mass is 334 g/mol. The molecule has 0 saturated carbocycles. The maximum Gasteiger partial charge on any atom is 0.275 e. The Balaban J connectivity index is 1.79. The van der Waals surface area contributed by atoms with Gasteiger partial charge in [0.15, 0.2) is 0 Å². The summed E-state index contributed by atoms with van der Waals surface area (Å²) < 4.78 is 2.09. The molecule has 0 atom stereocenters. The zero-order chi connectivity index (χ0) is 17.8. The summed E-state index contributed by atoms with van der Waals surface area (Å²) in [6, 6.07) is 12.2. The Labute approximate surface area is 145 Å². The molecule has 0 radical (unpaired) electrons. The van der Waals surface area contributed by atoms with Crippen LogP contribution in [0.25, 0.3) is 5.69 Å². The van der Waals surface area contributed by atoms with Crippen LogP contribution in [0.1, 0.15) is 27.3 Å². The minimum absolute atomic E-state index is 0.0777. The number of nitrogens with one attached hydrogen (secondary N) is 1. The number of phenols is 1. The Hall–Kier alpha value is -3.41. The van der Waals surface area contributed by atoms with Crippen molar-refractivity contribution in [3.05, 3.63) is 77.4 Å². The largest absolute Gasteiger partial charge is 0.507 e. The third-order valence-corrected chi connectivity index (χ3v) is 3.91. The first-order valence-electron chi connectivity index (χ1n) is 7.78. The van der Waals surface area contributed by atoms with E-state index in [1.165, 1.54) is 12.1 Å². The summed E-state index contributed by atoms with van der Waals surface area (Å²) in [5, 5.41) is 13.7. The van der Waals surface area contributed by atoms with E-state index in [2.05, 4.69) is 20.1 Å². The molecule has 0 fully saturated rings. The normalized spacial score (nSPS) is 11.0. The highest BCUT2D eigenvalue weighted by molar-refractivity contribution is 5.97. The molecule has 0 spiro atoms. The number of aromatic nitrogens is 2. The summed E-state index contributed by atoms with van der Waals surface area (Å²) >= 11 is 0. The number of hydrazone groups is 1. The molecule has 6 nitrogen and oxygen atoms in total. The van der Waals surface area contributed by atoms with E-state index in [0.717, 1.165) is 22.6 Å². The number of rotatable bonds is 4. The second-order valence-corrected chi connectivity index (χ2v) is 5.58. The smallest absolute Gasteiger partial charge is 0.275 e. The number of hydrogen-bond acceptors (Lipinski definition) is 4. The Morgan fingerprint density at radius 2 is 1.92 bits per heavy atom. The first-order valence-corrected chi connectivity index (χ1v) is 7.78. The van der Waals surface area contributed by atoms with Crippen LogP contribution in [0.3, 0.4) is 0 Å². The van der Waals surface area contributed by atoms with Gasteiger partial charge in [-0.1, -0.05) is 12.1 Å². The van der Waals surface area contributed by atoms with Crippen molar-refractivity contribution >= 4 is 12.1 Å². The van der Waals surface area contributed by atoms with E-state index in [0.29, 0.717) is 0 Å². The van der Waals surface area contributed by atoms with Crippen molar-refractivity contribution in [1.82, 2.24) is 15.0 Å². The number of aryl methyl sites for hydroxylation is 1. The maximum atomic E-state index is 12.0. The number of carbonyl (C=O) groups is 1. The van der Waals surface area contributed by atoms with Gasteiger partial charge in [-0.3, -0.25) is 9.78 Å². The van der Waals surface area contributed by atoms with E-state index in [-0.39, 0.29) is 11.3 Å². The number of phenolic OH excluding ortho intramolecular Hbond substituents is 1. The zero-order valence-electron chi connectivity index (χ0n) is 14.0. The highest BCUT2D eigenvalue weighted by atomic mass is 16.3. The number of amides is 1. The van der Waals surface area contributed by atoms with Crippen molar-refractivity contribution in [2.24, 2.45) is 5.10 Å². The average molecular weight is 334 g/mol. The Kier molecular flexibility index (Phi) is 4.61. The van der Waals surface area contributed by atoms with Crippen molar-refractivity contribution in [2.45, 2.75) is 13.8 Å². The lowest BCUT2D eigenvalue weighted by Crippen LogP contribution is -2.17. The van der Waals surface area contributed by atoms with Crippen LogP contribution in [0, 0.1) is 13.8 Å². The van der Waals surface area contributed by atoms with E-state index in [1.54, 1.807) is 30.7 Å². The number of hydrogen-bond donors (Lipinski definition) is 2. The third kappa shape index (κ3) is 3.42. The molecule has 0 aliphatic rings. The van der Waals surface area contributed by atoms with Crippen LogP contribution in [-0.4, -0.2) is 26.8 Å². The van der Waals surface area contributed by atoms with Crippen LogP contribution in [0.2, 0.25) is 0 Å². The fraction of sp³-hybridized carbons (Fsp3) is 0.105. The minimum Gasteiger partial charge on any atom is -0.507 e. The molecule has 0 saturated heterocycles. The van der Waals surface area contributed by atoms with Crippen molar-refractivity contribution < 1.29 is 9.90 Å². The molecule has 6 heteroatoms. The van der Waals surface area contributed by atoms with Crippen LogP contribution in [0.5, 0.6) is 5.75 Å². The standard InChI is InChI=1S/C19H18N4O2/c1-13-11-15(14(2)23(13)16-7-9-20-10-8-16)12-21-22-19(25)17-5-3-4-6-18(17)24/h3-12,24H,1-2H3,(H,22,25)/b21-12+. The molecular formula is C19H18N4O2. The van der Waals surface area contributed by atoms with Gasteiger partial charge in [-0.2, -0.15) is 5.10 Å². The summed E-state index contributed by atoms with van der Waals surface area (Å²) in [6.07, 6.45) is 5.08. The van der Waals surface area contributed by atoms with Gasteiger partial charge in [-0.15, -0.1) is 0 Å². The molecule has 1 aromatic carbocycles. The van der Waals surface area contributed by atoms with Crippen LogP contribution >= 0.6 is 0 Å². The highest BCUT2D eigenvalue weighted by Crippen LogP contribution is 2.19. The van der Waals surface area contributed by atoms with Gasteiger partial charge in [0.1, 0.15) is 5.75 Å². The van der Waals surface area contributed by atoms with Gasteiger partial charge in [0, 0.05) is 35.0 Å². The van der Waals surface area contributed by atoms with E-state index >= 15 is 0 Å². The lowest BCUT2D eigenvalue weighted by atomic mass is 10.2. The molecule has 0 bridgehead atoms. The number of carbonyl (C=O) groups excluding carboxylic acids is 1. The van der Waals surface area contributed by atoms with Gasteiger partial charge < -0.3 is 9.67 Å². The van der Waals surface area contributed by atoms with Gasteiger partial charge in [0.2, 0.25) is 0 Å². The molecule has 3 rings (SSSR count). The molecular weight excluding hydrogens is 316 g/mol. The predicted molar refractivity (Wildman–Crippen MR) is 96.2 cm³/mol. The Bertz CT molecular complexity index is 930. The molecule has 3 aromatic rings. The first-order chi connectivity index (χ1) is 12.1. The summed E-state index contributed by atoms with van der Waals surface area (Å²) in [6.45, 7) is 3.99. The van der Waals surface area contributed by atoms with E-state index in [4.69, 9.17) is 0 Å². The molecule has 2 aromatic heterocycles. The van der Waals surface area contributed by atoms with Gasteiger partial charge >= 0.3 is 0 Å². The summed E-state index contributed by atoms with van der Waals surface area (Å²) in [5.41, 5.74) is 6.59. The number of pyridine rings is 1. The average Bonchev–Trinajstić information content (AvgIpc) is 2.89. The molecule has 126 valence electrons. The molecule has 2 heterocycles. The minimum atomic E-state index is -0.461. The number of nitrogens with zero attached hydrogens (tertiary/aromatic N) is 3. The molecule has 0 aliphatic heterocycles. The lowest BCUT2D eigenvalue weighted by molar-refractivity contribution is 0.0952. The Morgan fingerprint density at radius 1 is 1.20 bits per heavy atom. The van der Waals surface area contributed by atoms with Gasteiger partial charge in [-0.05, 0) is 44.2 Å². The molecule has 0 unspecified atom stereocenters. The zero-order valence-corrected chi connectivity index (χ0v) is 14.0. The van der Waals surface area contributed by atoms with Gasteiger partial charge in [0.25, 0.3) is 5.91 Å². The molecule has 1 amide bonds. The van der Waals surface area contributed by atoms with Crippen molar-refractivity contribution in [1.29, 1.82) is 0 Å². The van der Waals surface area contributed by atoms with Crippen molar-refractivity contribution in [3.63, 3.8) is 0 Å². The van der Waals surface area contributed by atoms with Crippen molar-refractivity contribution in [2.75, 3.05) is 0 Å². The number of benzene rings is 1. The first kappa shape index (κ1) is 16.4. The molecule has 0 aliphatic carbocycles. The highest BCUT2D eigenvalue weighted by Gasteiger charge is 2.11. The van der Waals surface area contributed by atoms with Crippen molar-refractivity contribution in [3.8, 4) is 11.4 Å². The second kappa shape index (κ2) is 7.00. The summed E-state index contributed by atoms with van der Waals surface area (Å²) in [7, 11) is 0. The predicted octanol–water partition coefficient (Wildman–Crippen LogP) is 2.96. The second-order valence-electron chi connectivity index (χ2n) is 5.58. The Morgan fingerprint density at radius 3 is 2.64 bits per heavy atom. The maximum absolute atomic E-state index is 12.0. The third-order valence-electron chi connectivity index (χ3n) is 3.91. The van der Waals surface area contributed by atoms with E-state index < -0.39 is 5.91 Å². The van der Waals surface area contributed by atoms with E-state index in [1.807, 2.05) is 32.0 Å². The van der Waals surface area contributed by atoms with Gasteiger partial charge in [0.05, 0.1) is 11.8 Å². The van der Waals surface area contributed by atoms with E-state index in [9.17, 15) is 9.90 Å². The molecule has 2 N–H and O–H groups in total. The lowest BCUT2D eigenvalue weighted by Gasteiger charge is -2.08. The number of para-hydroxylation sites is 1. The summed E-state index contributed by atoms with van der Waals surface area (Å²) in [5.74, 6) is -0.539. The topological polar surface area (TPSA) is 79.5 Å². The fourth-order valence-electron chi connectivity index (χ4n) is 2.70. The fourth-order valence-corrected chi connectivity index (χ4v) is 2.70. The van der Waals surface area contributed by atoms with Gasteiger partial charge in [-0.25, -0.2) is 5.43 Å². The van der Waals surface area contributed by atoms with Crippen LogP contribution in [-0.2, 0) is 0 Å². The van der Waals surface area contributed by atoms with Crippen LogP contribution < -0.4 is 5.43 Å². The van der Waals surface area contributed by atoms with Crippen LogP contribution in [0.15, 0.2) is 60.0 Å². The SMILES string of the molecule is Cc1cc(/C=N/NC(=O)c2ccccc2O)c(C)n1-c1ccncc1.